The van der Waals surface area contributed by atoms with E-state index >= 15 is 0 Å². The van der Waals surface area contributed by atoms with Crippen LogP contribution in [0.2, 0.25) is 0 Å². The van der Waals surface area contributed by atoms with Crippen LogP contribution in [0.25, 0.3) is 11.0 Å². The van der Waals surface area contributed by atoms with Gasteiger partial charge >= 0.3 is 0 Å². The van der Waals surface area contributed by atoms with E-state index in [1.54, 1.807) is 6.20 Å². The van der Waals surface area contributed by atoms with E-state index in [1.165, 1.54) is 0 Å². The highest BCUT2D eigenvalue weighted by molar-refractivity contribution is 5.99. The molecule has 1 N–H and O–H groups in total. The molecule has 0 saturated carbocycles. The number of aldehydes is 1. The Kier molecular flexibility index (Phi) is 2.72. The van der Waals surface area contributed by atoms with Crippen LogP contribution >= 0.6 is 0 Å². The largest absolute Gasteiger partial charge is 0.350 e. The summed E-state index contributed by atoms with van der Waals surface area (Å²) in [5.74, 6) is 0. The molecule has 0 saturated heterocycles. The number of nitrogens with zero attached hydrogens (tertiary/aromatic N) is 2. The predicted molar refractivity (Wildman–Crippen MR) is 64.7 cm³/mol. The Labute approximate surface area is 93.6 Å². The lowest BCUT2D eigenvalue weighted by Crippen LogP contribution is -2.11. The lowest BCUT2D eigenvalue weighted by molar-refractivity contribution is 0.112. The molecule has 16 heavy (non-hydrogen) atoms. The van der Waals surface area contributed by atoms with Crippen molar-refractivity contribution in [1.29, 1.82) is 0 Å². The van der Waals surface area contributed by atoms with Crippen molar-refractivity contribution in [3.05, 3.63) is 36.3 Å². The van der Waals surface area contributed by atoms with Crippen LogP contribution in [0.1, 0.15) is 17.3 Å². The van der Waals surface area contributed by atoms with Crippen molar-refractivity contribution < 1.29 is 4.79 Å². The fourth-order valence-electron chi connectivity index (χ4n) is 1.79. The summed E-state index contributed by atoms with van der Waals surface area (Å²) in [7, 11) is 1.91. The molecule has 4 heteroatoms. The van der Waals surface area contributed by atoms with Gasteiger partial charge in [-0.25, -0.2) is 4.98 Å². The average molecular weight is 215 g/mol. The number of nitrogens with one attached hydrogen (secondary N) is 1. The zero-order valence-corrected chi connectivity index (χ0v) is 9.27. The summed E-state index contributed by atoms with van der Waals surface area (Å²) in [6.45, 7) is 1.94. The van der Waals surface area contributed by atoms with Crippen LogP contribution in [0.15, 0.2) is 30.7 Å². The lowest BCUT2D eigenvalue weighted by Gasteiger charge is -2.16. The van der Waals surface area contributed by atoms with Crippen molar-refractivity contribution in [1.82, 2.24) is 9.97 Å². The Bertz CT molecular complexity index is 542. The van der Waals surface area contributed by atoms with Crippen LogP contribution in [0.5, 0.6) is 0 Å². The highest BCUT2D eigenvalue weighted by atomic mass is 16.1. The van der Waals surface area contributed by atoms with Crippen molar-refractivity contribution in [3.8, 4) is 0 Å². The van der Waals surface area contributed by atoms with E-state index in [4.69, 9.17) is 0 Å². The van der Waals surface area contributed by atoms with Gasteiger partial charge in [0.1, 0.15) is 5.65 Å². The summed E-state index contributed by atoms with van der Waals surface area (Å²) in [6, 6.07) is 1.92. The highest BCUT2D eigenvalue weighted by Crippen LogP contribution is 2.27. The molecule has 0 aromatic carbocycles. The van der Waals surface area contributed by atoms with Gasteiger partial charge in [-0.3, -0.25) is 4.79 Å². The molecule has 0 atom stereocenters. The van der Waals surface area contributed by atoms with E-state index in [1.807, 2.05) is 43.4 Å². The molecular formula is C12H13N3O. The minimum Gasteiger partial charge on any atom is -0.350 e. The number of rotatable bonds is 3. The van der Waals surface area contributed by atoms with Gasteiger partial charge in [0.05, 0.1) is 11.3 Å². The molecule has 0 fully saturated rings. The smallest absolute Gasteiger partial charge is 0.153 e. The number of hydrogen-bond acceptors (Lipinski definition) is 3. The Hall–Kier alpha value is -2.10. The third kappa shape index (κ3) is 1.58. The van der Waals surface area contributed by atoms with Gasteiger partial charge in [-0.15, -0.1) is 0 Å². The molecular weight excluding hydrogens is 202 g/mol. The molecule has 2 aromatic heterocycles. The maximum absolute atomic E-state index is 11.0. The van der Waals surface area contributed by atoms with E-state index in [0.29, 0.717) is 5.56 Å². The fraction of sp³-hybridized carbons (Fsp3) is 0.167. The third-order valence-corrected chi connectivity index (χ3v) is 2.44. The Morgan fingerprint density at radius 2 is 2.31 bits per heavy atom. The van der Waals surface area contributed by atoms with Crippen LogP contribution < -0.4 is 4.90 Å². The maximum atomic E-state index is 11.0. The van der Waals surface area contributed by atoms with Gasteiger partial charge in [-0.1, -0.05) is 6.08 Å². The number of allylic oxidation sites excluding steroid dienone is 1. The second-order valence-corrected chi connectivity index (χ2v) is 3.51. The van der Waals surface area contributed by atoms with Gasteiger partial charge in [-0.2, -0.15) is 0 Å². The van der Waals surface area contributed by atoms with E-state index in [0.717, 1.165) is 23.0 Å². The summed E-state index contributed by atoms with van der Waals surface area (Å²) in [4.78, 5) is 20.1. The van der Waals surface area contributed by atoms with E-state index < -0.39 is 0 Å². The van der Waals surface area contributed by atoms with Crippen molar-refractivity contribution in [2.75, 3.05) is 11.9 Å². The topological polar surface area (TPSA) is 49.0 Å². The molecule has 2 heterocycles. The quantitative estimate of drug-likeness (QED) is 0.799. The molecule has 2 rings (SSSR count). The zero-order chi connectivity index (χ0) is 11.5. The number of fused-ring (bicyclic) bond motifs is 1. The van der Waals surface area contributed by atoms with Crippen molar-refractivity contribution in [2.45, 2.75) is 6.92 Å². The second-order valence-electron chi connectivity index (χ2n) is 3.51. The fourth-order valence-corrected chi connectivity index (χ4v) is 1.79. The summed E-state index contributed by atoms with van der Waals surface area (Å²) in [5, 5.41) is 0.949. The van der Waals surface area contributed by atoms with Crippen LogP contribution in [0.4, 0.5) is 5.69 Å². The SMILES string of the molecule is C/C=C\N(C)c1c(C=O)cnc2[nH]ccc12. The van der Waals surface area contributed by atoms with Gasteiger partial charge in [0, 0.05) is 24.8 Å². The molecule has 2 aromatic rings. The third-order valence-electron chi connectivity index (χ3n) is 2.44. The first-order valence-corrected chi connectivity index (χ1v) is 5.05. The molecule has 0 aliphatic heterocycles. The summed E-state index contributed by atoms with van der Waals surface area (Å²) >= 11 is 0. The van der Waals surface area contributed by atoms with Gasteiger partial charge in [0.15, 0.2) is 6.29 Å². The number of aromatic nitrogens is 2. The standard InChI is InChI=1S/C12H13N3O/c1-3-6-15(2)11-9(8-16)7-14-12-10(11)4-5-13-12/h3-8H,1-2H3,(H,13,14)/b6-3-. The molecule has 0 amide bonds. The summed E-state index contributed by atoms with van der Waals surface area (Å²) in [6.07, 6.45) is 8.07. The molecule has 0 aliphatic carbocycles. The molecule has 82 valence electrons. The van der Waals surface area contributed by atoms with Crippen molar-refractivity contribution in [2.24, 2.45) is 0 Å². The van der Waals surface area contributed by atoms with E-state index in [9.17, 15) is 4.79 Å². The van der Waals surface area contributed by atoms with Crippen LogP contribution in [-0.4, -0.2) is 23.3 Å². The van der Waals surface area contributed by atoms with Crippen LogP contribution in [0, 0.1) is 0 Å². The zero-order valence-electron chi connectivity index (χ0n) is 9.27. The first kappa shape index (κ1) is 10.4. The number of hydrogen-bond donors (Lipinski definition) is 1. The van der Waals surface area contributed by atoms with E-state index in [-0.39, 0.29) is 0 Å². The number of pyridine rings is 1. The first-order chi connectivity index (χ1) is 7.77. The Morgan fingerprint density at radius 1 is 1.50 bits per heavy atom. The normalized spacial score (nSPS) is 11.1. The van der Waals surface area contributed by atoms with Gasteiger partial charge in [0.2, 0.25) is 0 Å². The molecule has 4 nitrogen and oxygen atoms in total. The monoisotopic (exact) mass is 215 g/mol. The van der Waals surface area contributed by atoms with Gasteiger partial charge in [0.25, 0.3) is 0 Å². The molecule has 0 bridgehead atoms. The average Bonchev–Trinajstić information content (AvgIpc) is 2.75. The van der Waals surface area contributed by atoms with Crippen LogP contribution in [0.3, 0.4) is 0 Å². The number of carbonyl (C=O) groups excluding carboxylic acids is 1. The highest BCUT2D eigenvalue weighted by Gasteiger charge is 2.11. The van der Waals surface area contributed by atoms with E-state index in [2.05, 4.69) is 9.97 Å². The molecule has 0 radical (unpaired) electrons. The van der Waals surface area contributed by atoms with Crippen molar-refractivity contribution >= 4 is 23.0 Å². The Morgan fingerprint density at radius 3 is 3.00 bits per heavy atom. The summed E-state index contributed by atoms with van der Waals surface area (Å²) < 4.78 is 0. The van der Waals surface area contributed by atoms with Crippen molar-refractivity contribution in [3.63, 3.8) is 0 Å². The lowest BCUT2D eigenvalue weighted by atomic mass is 10.2. The first-order valence-electron chi connectivity index (χ1n) is 5.05. The molecule has 0 aliphatic rings. The van der Waals surface area contributed by atoms with Gasteiger partial charge in [-0.05, 0) is 19.2 Å². The number of H-pyrrole nitrogens is 1. The van der Waals surface area contributed by atoms with Gasteiger partial charge < -0.3 is 9.88 Å². The minimum absolute atomic E-state index is 0.590. The number of carbonyl (C=O) groups is 1. The second kappa shape index (κ2) is 4.18. The predicted octanol–water partition coefficient (Wildman–Crippen LogP) is 2.35. The molecule has 0 spiro atoms. The van der Waals surface area contributed by atoms with Crippen LogP contribution in [-0.2, 0) is 0 Å². The Balaban J connectivity index is 2.70. The minimum atomic E-state index is 0.590. The number of anilines is 1. The molecule has 0 unspecified atom stereocenters. The summed E-state index contributed by atoms with van der Waals surface area (Å²) in [5.41, 5.74) is 2.25. The maximum Gasteiger partial charge on any atom is 0.153 e. The number of aromatic amines is 1.